The van der Waals surface area contributed by atoms with E-state index >= 15 is 0 Å². The van der Waals surface area contributed by atoms with Crippen molar-refractivity contribution in [2.24, 2.45) is 0 Å². The Morgan fingerprint density at radius 1 is 1.22 bits per heavy atom. The maximum absolute atomic E-state index is 12.3. The number of methoxy groups -OCH3 is 1. The Labute approximate surface area is 136 Å². The number of aryl methyl sites for hydroxylation is 1. The quantitative estimate of drug-likeness (QED) is 0.459. The molecule has 0 unspecified atom stereocenters. The topological polar surface area (TPSA) is 48.7 Å². The van der Waals surface area contributed by atoms with Gasteiger partial charge in [-0.05, 0) is 19.4 Å². The Morgan fingerprint density at radius 2 is 2.04 bits per heavy atom. The first-order valence-corrected chi connectivity index (χ1v) is 7.84. The van der Waals surface area contributed by atoms with Crippen LogP contribution in [0, 0.1) is 18.8 Å². The number of fused-ring (bicyclic) bond motifs is 1. The van der Waals surface area contributed by atoms with Crippen LogP contribution in [0.25, 0.3) is 11.0 Å². The normalized spacial score (nSPS) is 10.4. The highest BCUT2D eigenvalue weighted by Gasteiger charge is 2.10. The van der Waals surface area contributed by atoms with Crippen molar-refractivity contribution < 1.29 is 13.9 Å². The zero-order valence-electron chi connectivity index (χ0n) is 13.9. The average Bonchev–Trinajstić information content (AvgIpc) is 2.51. The monoisotopic (exact) mass is 314 g/mol. The second-order valence-corrected chi connectivity index (χ2v) is 5.38. The highest BCUT2D eigenvalue weighted by Crippen LogP contribution is 2.24. The Bertz CT molecular complexity index is 778. The van der Waals surface area contributed by atoms with Crippen LogP contribution < -0.4 is 10.2 Å². The lowest BCUT2D eigenvalue weighted by Gasteiger charge is -2.07. The summed E-state index contributed by atoms with van der Waals surface area (Å²) in [6, 6.07) is 4.95. The molecule has 0 atom stereocenters. The minimum Gasteiger partial charge on any atom is -0.467 e. The van der Waals surface area contributed by atoms with Gasteiger partial charge in [-0.1, -0.05) is 31.6 Å². The third-order valence-corrected chi connectivity index (χ3v) is 3.40. The molecule has 0 saturated heterocycles. The van der Waals surface area contributed by atoms with Gasteiger partial charge in [-0.25, -0.2) is 0 Å². The SMILES string of the molecule is CCCCCC#Cc1cc(OCOC)cc2oc(C)cc(=O)c12. The van der Waals surface area contributed by atoms with Crippen LogP contribution >= 0.6 is 0 Å². The fourth-order valence-electron chi connectivity index (χ4n) is 2.31. The number of benzene rings is 1. The molecule has 1 heterocycles. The molecular formula is C19H22O4. The van der Waals surface area contributed by atoms with Crippen LogP contribution in [0.5, 0.6) is 5.75 Å². The minimum atomic E-state index is -0.0834. The van der Waals surface area contributed by atoms with Gasteiger partial charge in [-0.2, -0.15) is 0 Å². The fraction of sp³-hybridized carbons (Fsp3) is 0.421. The van der Waals surface area contributed by atoms with Crippen LogP contribution in [0.2, 0.25) is 0 Å². The first-order chi connectivity index (χ1) is 11.2. The van der Waals surface area contributed by atoms with Crippen LogP contribution in [-0.2, 0) is 4.74 Å². The molecule has 4 heteroatoms. The molecule has 0 aliphatic heterocycles. The molecule has 23 heavy (non-hydrogen) atoms. The fourth-order valence-corrected chi connectivity index (χ4v) is 2.31. The zero-order valence-corrected chi connectivity index (χ0v) is 13.9. The highest BCUT2D eigenvalue weighted by molar-refractivity contribution is 5.85. The number of hydrogen-bond acceptors (Lipinski definition) is 4. The summed E-state index contributed by atoms with van der Waals surface area (Å²) in [5.74, 6) is 7.37. The van der Waals surface area contributed by atoms with Crippen molar-refractivity contribution >= 4 is 11.0 Å². The van der Waals surface area contributed by atoms with Gasteiger partial charge in [0.25, 0.3) is 0 Å². The van der Waals surface area contributed by atoms with E-state index in [0.717, 1.165) is 25.7 Å². The molecule has 4 nitrogen and oxygen atoms in total. The predicted octanol–water partition coefficient (Wildman–Crippen LogP) is 4.02. The Kier molecular flexibility index (Phi) is 6.25. The van der Waals surface area contributed by atoms with Crippen molar-refractivity contribution in [3.05, 3.63) is 39.7 Å². The molecule has 0 spiro atoms. The summed E-state index contributed by atoms with van der Waals surface area (Å²) in [4.78, 5) is 12.3. The summed E-state index contributed by atoms with van der Waals surface area (Å²) in [7, 11) is 1.56. The molecule has 122 valence electrons. The molecule has 0 N–H and O–H groups in total. The summed E-state index contributed by atoms with van der Waals surface area (Å²) >= 11 is 0. The van der Waals surface area contributed by atoms with Gasteiger partial charge in [0.05, 0.1) is 5.39 Å². The standard InChI is InChI=1S/C19H22O4/c1-4-5-6-7-8-9-15-11-16(22-13-21-3)12-18-19(15)17(20)10-14(2)23-18/h10-12H,4-7,13H2,1-3H3. The molecule has 0 radical (unpaired) electrons. The van der Waals surface area contributed by atoms with E-state index in [0.29, 0.717) is 28.0 Å². The summed E-state index contributed by atoms with van der Waals surface area (Å²) in [5, 5.41) is 0.503. The van der Waals surface area contributed by atoms with Gasteiger partial charge in [-0.3, -0.25) is 4.79 Å². The minimum absolute atomic E-state index is 0.0834. The van der Waals surface area contributed by atoms with Crippen molar-refractivity contribution in [2.45, 2.75) is 39.5 Å². The zero-order chi connectivity index (χ0) is 16.7. The molecule has 1 aromatic heterocycles. The van der Waals surface area contributed by atoms with Crippen LogP contribution in [0.1, 0.15) is 43.9 Å². The Morgan fingerprint density at radius 3 is 2.78 bits per heavy atom. The van der Waals surface area contributed by atoms with E-state index < -0.39 is 0 Å². The maximum Gasteiger partial charge on any atom is 0.194 e. The molecule has 0 fully saturated rings. The number of unbranched alkanes of at least 4 members (excludes halogenated alkanes) is 3. The van der Waals surface area contributed by atoms with Gasteiger partial charge in [-0.15, -0.1) is 0 Å². The van der Waals surface area contributed by atoms with Gasteiger partial charge in [0, 0.05) is 31.2 Å². The lowest BCUT2D eigenvalue weighted by atomic mass is 10.1. The summed E-state index contributed by atoms with van der Waals surface area (Å²) in [6.45, 7) is 4.04. The van der Waals surface area contributed by atoms with E-state index in [4.69, 9.17) is 13.9 Å². The molecule has 2 aromatic rings. The summed E-state index contributed by atoms with van der Waals surface area (Å²) in [6.07, 6.45) is 4.20. The predicted molar refractivity (Wildman–Crippen MR) is 90.7 cm³/mol. The second-order valence-electron chi connectivity index (χ2n) is 5.38. The van der Waals surface area contributed by atoms with Crippen LogP contribution in [-0.4, -0.2) is 13.9 Å². The molecule has 0 bridgehead atoms. The molecule has 2 rings (SSSR count). The molecule has 0 aliphatic rings. The van der Waals surface area contributed by atoms with Gasteiger partial charge in [0.1, 0.15) is 17.1 Å². The Hall–Kier alpha value is -2.25. The first kappa shape index (κ1) is 17.1. The summed E-state index contributed by atoms with van der Waals surface area (Å²) < 4.78 is 16.1. The van der Waals surface area contributed by atoms with E-state index in [1.807, 2.05) is 0 Å². The van der Waals surface area contributed by atoms with Crippen LogP contribution in [0.3, 0.4) is 0 Å². The van der Waals surface area contributed by atoms with E-state index in [2.05, 4.69) is 18.8 Å². The van der Waals surface area contributed by atoms with Crippen molar-refractivity contribution in [3.63, 3.8) is 0 Å². The van der Waals surface area contributed by atoms with Crippen molar-refractivity contribution in [2.75, 3.05) is 13.9 Å². The maximum atomic E-state index is 12.3. The average molecular weight is 314 g/mol. The lowest BCUT2D eigenvalue weighted by Crippen LogP contribution is -2.04. The number of hydrogen-bond donors (Lipinski definition) is 0. The molecule has 0 amide bonds. The highest BCUT2D eigenvalue weighted by atomic mass is 16.7. The molecular weight excluding hydrogens is 292 g/mol. The molecule has 1 aromatic carbocycles. The molecule has 0 saturated carbocycles. The van der Waals surface area contributed by atoms with E-state index in [9.17, 15) is 4.79 Å². The lowest BCUT2D eigenvalue weighted by molar-refractivity contribution is 0.0511. The van der Waals surface area contributed by atoms with E-state index in [-0.39, 0.29) is 12.2 Å². The van der Waals surface area contributed by atoms with Gasteiger partial charge < -0.3 is 13.9 Å². The smallest absolute Gasteiger partial charge is 0.194 e. The third kappa shape index (κ3) is 4.61. The number of ether oxygens (including phenoxy) is 2. The Balaban J connectivity index is 2.44. The van der Waals surface area contributed by atoms with Crippen LogP contribution in [0.15, 0.2) is 27.4 Å². The third-order valence-electron chi connectivity index (χ3n) is 3.40. The van der Waals surface area contributed by atoms with E-state index in [1.54, 1.807) is 26.2 Å². The summed E-state index contributed by atoms with van der Waals surface area (Å²) in [5.41, 5.74) is 1.04. The van der Waals surface area contributed by atoms with Gasteiger partial charge >= 0.3 is 0 Å². The van der Waals surface area contributed by atoms with Crippen molar-refractivity contribution in [1.29, 1.82) is 0 Å². The number of rotatable bonds is 6. The van der Waals surface area contributed by atoms with E-state index in [1.165, 1.54) is 6.07 Å². The second kappa shape index (κ2) is 8.40. The largest absolute Gasteiger partial charge is 0.467 e. The first-order valence-electron chi connectivity index (χ1n) is 7.84. The van der Waals surface area contributed by atoms with Crippen LogP contribution in [0.4, 0.5) is 0 Å². The van der Waals surface area contributed by atoms with Gasteiger partial charge in [0.15, 0.2) is 12.2 Å². The molecule has 0 aliphatic carbocycles. The van der Waals surface area contributed by atoms with Crippen molar-refractivity contribution in [3.8, 4) is 17.6 Å². The van der Waals surface area contributed by atoms with Crippen molar-refractivity contribution in [1.82, 2.24) is 0 Å². The van der Waals surface area contributed by atoms with Gasteiger partial charge in [0.2, 0.25) is 0 Å².